The summed E-state index contributed by atoms with van der Waals surface area (Å²) >= 11 is 0. The van der Waals surface area contributed by atoms with Gasteiger partial charge in [-0.15, -0.1) is 0 Å². The van der Waals surface area contributed by atoms with Gasteiger partial charge < -0.3 is 10.0 Å². The smallest absolute Gasteiger partial charge is 0.323 e. The highest BCUT2D eigenvalue weighted by atomic mass is 16.4. The van der Waals surface area contributed by atoms with Crippen molar-refractivity contribution >= 4 is 11.9 Å². The van der Waals surface area contributed by atoms with Crippen molar-refractivity contribution in [3.05, 3.63) is 34.4 Å². The van der Waals surface area contributed by atoms with Crippen LogP contribution in [0.1, 0.15) is 40.9 Å². The van der Waals surface area contributed by atoms with E-state index in [0.29, 0.717) is 12.1 Å². The second-order valence-corrected chi connectivity index (χ2v) is 5.75. The number of aryl methyl sites for hydroxylation is 3. The van der Waals surface area contributed by atoms with Crippen LogP contribution < -0.4 is 0 Å². The summed E-state index contributed by atoms with van der Waals surface area (Å²) in [4.78, 5) is 25.0. The number of carboxylic acid groups (broad SMARTS) is 1. The second-order valence-electron chi connectivity index (χ2n) is 5.75. The summed E-state index contributed by atoms with van der Waals surface area (Å²) in [6.07, 6.45) is 0. The fourth-order valence-electron chi connectivity index (χ4n) is 2.50. The molecule has 0 heterocycles. The van der Waals surface area contributed by atoms with Crippen LogP contribution in [-0.2, 0) is 4.79 Å². The molecule has 0 bridgehead atoms. The minimum atomic E-state index is -0.985. The minimum Gasteiger partial charge on any atom is -0.480 e. The SMILES string of the molecule is Cc1cc(C)c(C(=O)N(CC(=O)O)CC(C)C)c(C)c1. The maximum absolute atomic E-state index is 12.6. The van der Waals surface area contributed by atoms with Crippen LogP contribution in [-0.4, -0.2) is 35.0 Å². The highest BCUT2D eigenvalue weighted by molar-refractivity contribution is 5.98. The molecule has 1 N–H and O–H groups in total. The maximum atomic E-state index is 12.6. The third-order valence-corrected chi connectivity index (χ3v) is 3.09. The van der Waals surface area contributed by atoms with E-state index in [0.717, 1.165) is 16.7 Å². The average molecular weight is 277 g/mol. The van der Waals surface area contributed by atoms with Crippen molar-refractivity contribution in [2.75, 3.05) is 13.1 Å². The molecule has 0 saturated carbocycles. The van der Waals surface area contributed by atoms with Crippen LogP contribution >= 0.6 is 0 Å². The third kappa shape index (κ3) is 4.08. The lowest BCUT2D eigenvalue weighted by molar-refractivity contribution is -0.137. The van der Waals surface area contributed by atoms with Crippen LogP contribution in [0.25, 0.3) is 0 Å². The summed E-state index contributed by atoms with van der Waals surface area (Å²) < 4.78 is 0. The summed E-state index contributed by atoms with van der Waals surface area (Å²) in [6, 6.07) is 3.91. The van der Waals surface area contributed by atoms with E-state index < -0.39 is 5.97 Å². The molecule has 0 atom stereocenters. The van der Waals surface area contributed by atoms with Gasteiger partial charge in [-0.3, -0.25) is 9.59 Å². The molecule has 0 unspecified atom stereocenters. The van der Waals surface area contributed by atoms with Gasteiger partial charge >= 0.3 is 5.97 Å². The van der Waals surface area contributed by atoms with Crippen LogP contribution in [0.15, 0.2) is 12.1 Å². The molecule has 0 saturated heterocycles. The van der Waals surface area contributed by atoms with E-state index in [1.54, 1.807) is 0 Å². The Kier molecular flexibility index (Phi) is 5.31. The maximum Gasteiger partial charge on any atom is 0.323 e. The Morgan fingerprint density at radius 3 is 2.05 bits per heavy atom. The minimum absolute atomic E-state index is 0.198. The molecule has 0 fully saturated rings. The van der Waals surface area contributed by atoms with Gasteiger partial charge in [-0.25, -0.2) is 0 Å². The van der Waals surface area contributed by atoms with Gasteiger partial charge in [-0.2, -0.15) is 0 Å². The molecule has 4 nitrogen and oxygen atoms in total. The van der Waals surface area contributed by atoms with Crippen LogP contribution in [0.4, 0.5) is 0 Å². The molecule has 0 aliphatic rings. The number of carboxylic acids is 1. The number of hydrogen-bond acceptors (Lipinski definition) is 2. The van der Waals surface area contributed by atoms with E-state index in [1.165, 1.54) is 4.90 Å². The highest BCUT2D eigenvalue weighted by Gasteiger charge is 2.22. The molecule has 0 radical (unpaired) electrons. The Labute approximate surface area is 120 Å². The Balaban J connectivity index is 3.15. The van der Waals surface area contributed by atoms with Crippen LogP contribution in [0, 0.1) is 26.7 Å². The number of amides is 1. The first-order valence-electron chi connectivity index (χ1n) is 6.81. The van der Waals surface area contributed by atoms with Gasteiger partial charge in [0.15, 0.2) is 0 Å². The summed E-state index contributed by atoms with van der Waals surface area (Å²) in [5, 5.41) is 8.98. The topological polar surface area (TPSA) is 57.6 Å². The van der Waals surface area contributed by atoms with Crippen molar-refractivity contribution in [2.24, 2.45) is 5.92 Å². The van der Waals surface area contributed by atoms with Gasteiger partial charge in [0.1, 0.15) is 6.54 Å². The summed E-state index contributed by atoms with van der Waals surface area (Å²) in [5.41, 5.74) is 3.51. The summed E-state index contributed by atoms with van der Waals surface area (Å²) in [7, 11) is 0. The van der Waals surface area contributed by atoms with E-state index in [-0.39, 0.29) is 18.4 Å². The Morgan fingerprint density at radius 1 is 1.15 bits per heavy atom. The zero-order valence-electron chi connectivity index (χ0n) is 12.9. The van der Waals surface area contributed by atoms with Gasteiger partial charge in [0.05, 0.1) is 0 Å². The van der Waals surface area contributed by atoms with Crippen molar-refractivity contribution in [3.63, 3.8) is 0 Å². The number of carbonyl (C=O) groups excluding carboxylic acids is 1. The molecule has 0 aliphatic heterocycles. The Bertz CT molecular complexity index is 497. The zero-order chi connectivity index (χ0) is 15.4. The third-order valence-electron chi connectivity index (χ3n) is 3.09. The molecule has 0 aromatic heterocycles. The van der Waals surface area contributed by atoms with Crippen molar-refractivity contribution in [1.29, 1.82) is 0 Å². The molecule has 1 rings (SSSR count). The molecule has 1 aromatic carbocycles. The van der Waals surface area contributed by atoms with Crippen LogP contribution in [0.2, 0.25) is 0 Å². The quantitative estimate of drug-likeness (QED) is 0.900. The van der Waals surface area contributed by atoms with Gasteiger partial charge in [0.25, 0.3) is 5.91 Å². The largest absolute Gasteiger partial charge is 0.480 e. The van der Waals surface area contributed by atoms with Gasteiger partial charge in [0, 0.05) is 12.1 Å². The van der Waals surface area contributed by atoms with Gasteiger partial charge in [-0.05, 0) is 37.8 Å². The number of nitrogens with zero attached hydrogens (tertiary/aromatic N) is 1. The van der Waals surface area contributed by atoms with Crippen LogP contribution in [0.3, 0.4) is 0 Å². The molecule has 0 spiro atoms. The first-order valence-corrected chi connectivity index (χ1v) is 6.81. The number of rotatable bonds is 5. The van der Waals surface area contributed by atoms with Gasteiger partial charge in [-0.1, -0.05) is 31.5 Å². The van der Waals surface area contributed by atoms with Crippen LogP contribution in [0.5, 0.6) is 0 Å². The molecule has 1 aromatic rings. The van der Waals surface area contributed by atoms with Crippen molar-refractivity contribution < 1.29 is 14.7 Å². The lowest BCUT2D eigenvalue weighted by atomic mass is 9.98. The van der Waals surface area contributed by atoms with Crippen molar-refractivity contribution in [3.8, 4) is 0 Å². The molecular formula is C16H23NO3. The molecule has 0 aliphatic carbocycles. The molecule has 110 valence electrons. The number of benzene rings is 1. The first kappa shape index (κ1) is 16.2. The monoisotopic (exact) mass is 277 g/mol. The summed E-state index contributed by atoms with van der Waals surface area (Å²) in [5.74, 6) is -0.957. The second kappa shape index (κ2) is 6.55. The number of aliphatic carboxylic acids is 1. The Hall–Kier alpha value is -1.84. The lowest BCUT2D eigenvalue weighted by Gasteiger charge is -2.24. The fraction of sp³-hybridized carbons (Fsp3) is 0.500. The van der Waals surface area contributed by atoms with Crippen molar-refractivity contribution in [1.82, 2.24) is 4.90 Å². The summed E-state index contributed by atoms with van der Waals surface area (Å²) in [6.45, 7) is 9.89. The fourth-order valence-corrected chi connectivity index (χ4v) is 2.50. The highest BCUT2D eigenvalue weighted by Crippen LogP contribution is 2.19. The standard InChI is InChI=1S/C16H23NO3/c1-10(2)8-17(9-14(18)19)16(20)15-12(4)6-11(3)7-13(15)5/h6-7,10H,8-9H2,1-5H3,(H,18,19). The van der Waals surface area contributed by atoms with Gasteiger partial charge in [0.2, 0.25) is 0 Å². The normalized spacial score (nSPS) is 10.7. The van der Waals surface area contributed by atoms with E-state index in [2.05, 4.69) is 0 Å². The lowest BCUT2D eigenvalue weighted by Crippen LogP contribution is -2.38. The molecule has 4 heteroatoms. The first-order chi connectivity index (χ1) is 9.22. The van der Waals surface area contributed by atoms with E-state index in [4.69, 9.17) is 5.11 Å². The number of carbonyl (C=O) groups is 2. The number of hydrogen-bond donors (Lipinski definition) is 1. The predicted octanol–water partition coefficient (Wildman–Crippen LogP) is 2.79. The zero-order valence-corrected chi connectivity index (χ0v) is 12.9. The molecule has 1 amide bonds. The Morgan fingerprint density at radius 2 is 1.65 bits per heavy atom. The van der Waals surface area contributed by atoms with Crippen molar-refractivity contribution in [2.45, 2.75) is 34.6 Å². The predicted molar refractivity (Wildman–Crippen MR) is 79.0 cm³/mol. The molecule has 20 heavy (non-hydrogen) atoms. The molecular weight excluding hydrogens is 254 g/mol. The van der Waals surface area contributed by atoms with E-state index in [1.807, 2.05) is 46.8 Å². The average Bonchev–Trinajstić information content (AvgIpc) is 2.24. The van der Waals surface area contributed by atoms with E-state index >= 15 is 0 Å². The van der Waals surface area contributed by atoms with E-state index in [9.17, 15) is 9.59 Å².